The number of allylic oxidation sites excluding steroid dienone is 1. The number of aliphatic hydroxyl groups excluding tert-OH is 2. The van der Waals surface area contributed by atoms with Gasteiger partial charge in [-0.2, -0.15) is 13.2 Å². The van der Waals surface area contributed by atoms with Crippen LogP contribution >= 0.6 is 0 Å². The van der Waals surface area contributed by atoms with Crippen LogP contribution in [0.2, 0.25) is 0 Å². The van der Waals surface area contributed by atoms with Gasteiger partial charge in [0.15, 0.2) is 0 Å². The van der Waals surface area contributed by atoms with Gasteiger partial charge >= 0.3 is 6.18 Å². The molecule has 2 fully saturated rings. The van der Waals surface area contributed by atoms with E-state index < -0.39 is 17.8 Å². The predicted octanol–water partition coefficient (Wildman–Crippen LogP) is 2.59. The van der Waals surface area contributed by atoms with Crippen LogP contribution in [0.5, 0.6) is 5.75 Å². The van der Waals surface area contributed by atoms with Crippen LogP contribution < -0.4 is 4.74 Å². The van der Waals surface area contributed by atoms with Gasteiger partial charge in [0.1, 0.15) is 24.2 Å². The monoisotopic (exact) mass is 360 g/mol. The zero-order valence-electron chi connectivity index (χ0n) is 15.2. The highest BCUT2D eigenvalue weighted by Gasteiger charge is 2.51. The maximum atomic E-state index is 12.7. The molecule has 3 rings (SSSR count). The molecule has 25 heavy (non-hydrogen) atoms. The number of carbonyl (C=O) groups is 1. The molecule has 0 radical (unpaired) electrons. The van der Waals surface area contributed by atoms with Gasteiger partial charge in [0.2, 0.25) is 2.86 Å². The first kappa shape index (κ1) is 15.4. The molecule has 0 heterocycles. The molecule has 0 saturated heterocycles. The molecule has 4 nitrogen and oxygen atoms in total. The van der Waals surface area contributed by atoms with Crippen LogP contribution in [-0.4, -0.2) is 37.7 Å². The first-order valence-electron chi connectivity index (χ1n) is 8.90. The molecule has 2 aliphatic carbocycles. The van der Waals surface area contributed by atoms with Gasteiger partial charge in [0.25, 0.3) is 0 Å². The molecule has 2 saturated carbocycles. The zero-order valence-corrected chi connectivity index (χ0v) is 13.2. The summed E-state index contributed by atoms with van der Waals surface area (Å²) < 4.78 is 57.7. The van der Waals surface area contributed by atoms with Crippen molar-refractivity contribution in [1.82, 2.24) is 0 Å². The van der Waals surface area contributed by atoms with Crippen molar-refractivity contribution in [2.24, 2.45) is 17.8 Å². The van der Waals surface area contributed by atoms with E-state index >= 15 is 0 Å². The minimum Gasteiger partial charge on any atom is -0.491 e. The first-order valence-corrected chi connectivity index (χ1v) is 8.08. The summed E-state index contributed by atoms with van der Waals surface area (Å²) in [5, 5.41) is 9.24. The molecule has 136 valence electrons. The summed E-state index contributed by atoms with van der Waals surface area (Å²) in [5.74, 6) is -0.172. The fraction of sp³-hybridized carbons (Fsp3) is 0.500. The topological polar surface area (TPSA) is 66.8 Å². The highest BCUT2D eigenvalue weighted by Crippen LogP contribution is 2.48. The largest absolute Gasteiger partial charge is 0.491 e. The Balaban J connectivity index is 1.60. The minimum atomic E-state index is -4.46. The van der Waals surface area contributed by atoms with Crippen LogP contribution in [0.4, 0.5) is 13.2 Å². The van der Waals surface area contributed by atoms with Crippen LogP contribution in [0.25, 0.3) is 0 Å². The highest BCUT2D eigenvalue weighted by molar-refractivity contribution is 5.85. The number of Topliss-reactive ketones (excluding diaryl/α,β-unsaturated/α-hetero) is 1. The Bertz CT molecular complexity index is 710. The Labute approximate surface area is 145 Å². The van der Waals surface area contributed by atoms with Crippen molar-refractivity contribution in [2.75, 3.05) is 6.61 Å². The Morgan fingerprint density at radius 2 is 2.28 bits per heavy atom. The van der Waals surface area contributed by atoms with Crippen molar-refractivity contribution in [3.63, 3.8) is 0 Å². The zero-order chi connectivity index (χ0) is 19.6. The summed E-state index contributed by atoms with van der Waals surface area (Å²) in [6.07, 6.45) is -1.31. The predicted molar refractivity (Wildman–Crippen MR) is 82.8 cm³/mol. The standard InChI is InChI=1S/C18H19F3O4/c19-18(20,21)10-2-1-3-12(6-10)25-9-11(22)4-5-13-14-7-16(23)15(13)8-17(14)24/h1-6,11,13-16,22-23H,7-9H2/b5-4+/t11-,13?,14?,15?,16?/m1/s1/i22T,23T. The van der Waals surface area contributed by atoms with Gasteiger partial charge in [-0.3, -0.25) is 4.79 Å². The van der Waals surface area contributed by atoms with E-state index in [0.29, 0.717) is 12.8 Å². The van der Waals surface area contributed by atoms with Gasteiger partial charge in [-0.05, 0) is 36.5 Å². The van der Waals surface area contributed by atoms with Crippen LogP contribution in [0, 0.1) is 17.8 Å². The van der Waals surface area contributed by atoms with Crippen molar-refractivity contribution in [3.8, 4) is 5.75 Å². The lowest BCUT2D eigenvalue weighted by Gasteiger charge is -2.15. The number of fused-ring (bicyclic) bond motifs is 2. The summed E-state index contributed by atoms with van der Waals surface area (Å²) in [7, 11) is 0. The molecule has 0 spiro atoms. The third-order valence-corrected chi connectivity index (χ3v) is 4.90. The van der Waals surface area contributed by atoms with E-state index in [-0.39, 0.29) is 42.0 Å². The number of halogens is 3. The molecule has 1 aromatic carbocycles. The summed E-state index contributed by atoms with van der Waals surface area (Å²) in [5.41, 5.74) is -0.818. The molecule has 2 bridgehead atoms. The molecule has 5 atom stereocenters. The maximum absolute atomic E-state index is 12.7. The molecule has 2 N–H and O–H groups in total. The first-order chi connectivity index (χ1) is 12.8. The van der Waals surface area contributed by atoms with Gasteiger partial charge in [-0.25, -0.2) is 0 Å². The second kappa shape index (κ2) is 6.80. The fourth-order valence-electron chi connectivity index (χ4n) is 3.65. The Morgan fingerprint density at radius 3 is 3.00 bits per heavy atom. The Morgan fingerprint density at radius 1 is 1.44 bits per heavy atom. The Kier molecular flexibility index (Phi) is 4.19. The van der Waals surface area contributed by atoms with Gasteiger partial charge < -0.3 is 15.0 Å². The van der Waals surface area contributed by atoms with Gasteiger partial charge in [0, 0.05) is 12.3 Å². The van der Waals surface area contributed by atoms with Gasteiger partial charge in [-0.15, -0.1) is 0 Å². The summed E-state index contributed by atoms with van der Waals surface area (Å²) in [6, 6.07) is 4.47. The third kappa shape index (κ3) is 3.88. The van der Waals surface area contributed by atoms with Gasteiger partial charge in [0.05, 0.1) is 11.7 Å². The molecule has 2 aliphatic rings. The van der Waals surface area contributed by atoms with E-state index in [9.17, 15) is 18.0 Å². The van der Waals surface area contributed by atoms with E-state index in [4.69, 9.17) is 7.60 Å². The van der Waals surface area contributed by atoms with Crippen LogP contribution in [0.3, 0.4) is 0 Å². The SMILES string of the molecule is [3H]OC1CC2C(=O)CC1C2/C=C/[C@H](COc1cccc(C(F)(F)F)c1)O[3H]. The van der Waals surface area contributed by atoms with E-state index in [2.05, 4.69) is 10.2 Å². The normalized spacial score (nSPS) is 31.2. The average Bonchev–Trinajstić information content (AvgIpc) is 3.14. The summed E-state index contributed by atoms with van der Waals surface area (Å²) >= 11 is 0. The lowest BCUT2D eigenvalue weighted by atomic mass is 9.96. The van der Waals surface area contributed by atoms with Crippen LogP contribution in [0.1, 0.15) is 18.4 Å². The van der Waals surface area contributed by atoms with E-state index in [1.165, 1.54) is 12.1 Å². The van der Waals surface area contributed by atoms with Crippen molar-refractivity contribution in [1.29, 1.82) is 2.86 Å². The molecule has 0 aromatic heterocycles. The number of hydrogen-bond donors (Lipinski definition) is 2. The second-order valence-corrected chi connectivity index (χ2v) is 6.55. The molecule has 0 amide bonds. The molecule has 1 aromatic rings. The molecule has 4 unspecified atom stereocenters. The van der Waals surface area contributed by atoms with Crippen molar-refractivity contribution < 1.29 is 32.9 Å². The average molecular weight is 360 g/mol. The number of ether oxygens (including phenoxy) is 1. The third-order valence-electron chi connectivity index (χ3n) is 4.90. The number of benzene rings is 1. The number of ketones is 1. The highest BCUT2D eigenvalue weighted by atomic mass is 19.4. The Hall–Kier alpha value is -1.86. The molecule has 0 aliphatic heterocycles. The number of hydrogen-bond acceptors (Lipinski definition) is 4. The van der Waals surface area contributed by atoms with Crippen molar-refractivity contribution in [3.05, 3.63) is 42.0 Å². The summed E-state index contributed by atoms with van der Waals surface area (Å²) in [4.78, 5) is 11.9. The van der Waals surface area contributed by atoms with Crippen molar-refractivity contribution >= 4 is 5.78 Å². The lowest BCUT2D eigenvalue weighted by Crippen LogP contribution is -2.21. The van der Waals surface area contributed by atoms with E-state index in [0.717, 1.165) is 12.1 Å². The number of alkyl halides is 3. The lowest BCUT2D eigenvalue weighted by molar-refractivity contribution is -0.137. The number of carbonyl (C=O) groups excluding carboxylic acids is 1. The molecular weight excluding hydrogens is 337 g/mol. The number of rotatable bonds is 7. The van der Waals surface area contributed by atoms with Crippen LogP contribution in [0.15, 0.2) is 36.4 Å². The molecular formula is C18H19F3O4. The second-order valence-electron chi connectivity index (χ2n) is 6.55. The van der Waals surface area contributed by atoms with Crippen molar-refractivity contribution in [2.45, 2.75) is 31.2 Å². The minimum absolute atomic E-state index is 0.0269. The molecule has 7 heteroatoms. The van der Waals surface area contributed by atoms with E-state index in [1.807, 2.05) is 0 Å². The van der Waals surface area contributed by atoms with Gasteiger partial charge in [-0.1, -0.05) is 18.2 Å². The van der Waals surface area contributed by atoms with E-state index in [1.54, 1.807) is 12.2 Å². The van der Waals surface area contributed by atoms with Crippen LogP contribution in [-0.2, 0) is 11.0 Å². The maximum Gasteiger partial charge on any atom is 0.416 e. The fourth-order valence-corrected chi connectivity index (χ4v) is 3.65. The number of aliphatic hydroxyl groups is 2. The summed E-state index contributed by atoms with van der Waals surface area (Å²) in [6.45, 7) is -0.143. The quantitative estimate of drug-likeness (QED) is 0.734. The smallest absolute Gasteiger partial charge is 0.416 e.